The van der Waals surface area contributed by atoms with E-state index in [-0.39, 0.29) is 22.2 Å². The molecule has 1 atom stereocenters. The van der Waals surface area contributed by atoms with Crippen LogP contribution in [0.2, 0.25) is 0 Å². The quantitative estimate of drug-likeness (QED) is 0.280. The largest absolute Gasteiger partial charge is 0.369 e. The van der Waals surface area contributed by atoms with E-state index in [4.69, 9.17) is 0 Å². The van der Waals surface area contributed by atoms with Gasteiger partial charge in [0.1, 0.15) is 6.04 Å². The molecule has 0 bridgehead atoms. The number of nitro groups is 1. The first-order chi connectivity index (χ1) is 19.4. The van der Waals surface area contributed by atoms with Gasteiger partial charge in [0.15, 0.2) is 5.82 Å². The number of nitrogens with one attached hydrogen (secondary N) is 1. The SMILES string of the molecule is Cc1ccc(C)c2[nH]c(=O)c([C@H](c3nnnn3C3CCCCC3)N3CCN(c4ccc([N+](=O)[O-])cc4)CC3)cc12. The fraction of sp³-hybridized carbons (Fsp3) is 0.448. The first-order valence-electron chi connectivity index (χ1n) is 14.0. The minimum absolute atomic E-state index is 0.0815. The molecule has 0 radical (unpaired) electrons. The lowest BCUT2D eigenvalue weighted by molar-refractivity contribution is -0.384. The minimum Gasteiger partial charge on any atom is -0.369 e. The first-order valence-corrected chi connectivity index (χ1v) is 14.0. The fourth-order valence-corrected chi connectivity index (χ4v) is 6.28. The highest BCUT2D eigenvalue weighted by molar-refractivity contribution is 5.85. The van der Waals surface area contributed by atoms with Crippen LogP contribution in [-0.4, -0.2) is 61.2 Å². The van der Waals surface area contributed by atoms with Crippen molar-refractivity contribution in [2.24, 2.45) is 0 Å². The molecule has 1 aliphatic carbocycles. The number of rotatable bonds is 6. The number of H-pyrrole nitrogens is 1. The summed E-state index contributed by atoms with van der Waals surface area (Å²) in [5.41, 5.74) is 4.55. The number of pyridine rings is 1. The molecule has 1 saturated heterocycles. The normalized spacial score (nSPS) is 17.8. The van der Waals surface area contributed by atoms with Gasteiger partial charge in [-0.2, -0.15) is 0 Å². The minimum atomic E-state index is -0.399. The van der Waals surface area contributed by atoms with Crippen LogP contribution in [-0.2, 0) is 0 Å². The van der Waals surface area contributed by atoms with Crippen molar-refractivity contribution in [3.8, 4) is 0 Å². The zero-order chi connectivity index (χ0) is 27.8. The summed E-state index contributed by atoms with van der Waals surface area (Å²) >= 11 is 0. The third kappa shape index (κ3) is 4.85. The molecule has 208 valence electrons. The van der Waals surface area contributed by atoms with Gasteiger partial charge < -0.3 is 9.88 Å². The number of nitro benzene ring substituents is 1. The van der Waals surface area contributed by atoms with Crippen LogP contribution in [0, 0.1) is 24.0 Å². The summed E-state index contributed by atoms with van der Waals surface area (Å²) in [4.78, 5) is 32.1. The summed E-state index contributed by atoms with van der Waals surface area (Å²) in [7, 11) is 0. The number of tetrazole rings is 1. The van der Waals surface area contributed by atoms with Crippen LogP contribution in [0.25, 0.3) is 10.9 Å². The Bertz CT molecular complexity index is 1580. The lowest BCUT2D eigenvalue weighted by atomic mass is 9.94. The predicted octanol–water partition coefficient (Wildman–Crippen LogP) is 4.46. The molecule has 0 spiro atoms. The Balaban J connectivity index is 1.37. The number of anilines is 1. The molecular formula is C29H34N8O3. The van der Waals surface area contributed by atoms with E-state index in [1.807, 2.05) is 23.7 Å². The standard InChI is InChI=1S/C29H34N8O3/c1-19-8-9-20(2)26-24(19)18-25(29(38)30-26)27(28-31-32-33-36(28)22-6-4-3-5-7-22)35-16-14-34(15-17-35)21-10-12-23(13-11-21)37(39)40/h8-13,18,22,27H,3-7,14-17H2,1-2H3,(H,30,38)/t27-/m1/s1. The van der Waals surface area contributed by atoms with Gasteiger partial charge in [-0.05, 0) is 66.4 Å². The van der Waals surface area contributed by atoms with Crippen molar-refractivity contribution < 1.29 is 4.92 Å². The molecular weight excluding hydrogens is 508 g/mol. The van der Waals surface area contributed by atoms with E-state index in [9.17, 15) is 14.9 Å². The maximum Gasteiger partial charge on any atom is 0.269 e. The number of aromatic amines is 1. The summed E-state index contributed by atoms with van der Waals surface area (Å²) in [5, 5.41) is 25.2. The van der Waals surface area contributed by atoms with Crippen LogP contribution in [0.15, 0.2) is 47.3 Å². The Morgan fingerprint density at radius 2 is 1.68 bits per heavy atom. The average Bonchev–Trinajstić information content (AvgIpc) is 3.46. The molecule has 2 aromatic carbocycles. The first kappa shape index (κ1) is 26.1. The second kappa shape index (κ2) is 10.8. The van der Waals surface area contributed by atoms with Crippen molar-refractivity contribution in [3.63, 3.8) is 0 Å². The van der Waals surface area contributed by atoms with Crippen molar-refractivity contribution in [2.45, 2.75) is 58.0 Å². The second-order valence-electron chi connectivity index (χ2n) is 11.0. The average molecular weight is 543 g/mol. The third-order valence-electron chi connectivity index (χ3n) is 8.56. The zero-order valence-corrected chi connectivity index (χ0v) is 22.9. The lowest BCUT2D eigenvalue weighted by Crippen LogP contribution is -2.49. The molecule has 6 rings (SSSR count). The molecule has 2 fully saturated rings. The third-order valence-corrected chi connectivity index (χ3v) is 8.56. The summed E-state index contributed by atoms with van der Waals surface area (Å²) < 4.78 is 1.97. The zero-order valence-electron chi connectivity index (χ0n) is 22.9. The predicted molar refractivity (Wildman–Crippen MR) is 153 cm³/mol. The van der Waals surface area contributed by atoms with Crippen LogP contribution >= 0.6 is 0 Å². The molecule has 11 nitrogen and oxygen atoms in total. The summed E-state index contributed by atoms with van der Waals surface area (Å²) in [5.74, 6) is 0.714. The van der Waals surface area contributed by atoms with Crippen molar-refractivity contribution >= 4 is 22.3 Å². The van der Waals surface area contributed by atoms with Crippen molar-refractivity contribution in [1.82, 2.24) is 30.1 Å². The van der Waals surface area contributed by atoms with Gasteiger partial charge in [-0.1, -0.05) is 31.4 Å². The van der Waals surface area contributed by atoms with Gasteiger partial charge in [0.25, 0.3) is 11.2 Å². The van der Waals surface area contributed by atoms with E-state index in [1.54, 1.807) is 24.3 Å². The van der Waals surface area contributed by atoms with Crippen molar-refractivity contribution in [1.29, 1.82) is 0 Å². The number of non-ortho nitro benzene ring substituents is 1. The van der Waals surface area contributed by atoms with Gasteiger partial charge in [-0.15, -0.1) is 5.10 Å². The highest BCUT2D eigenvalue weighted by Gasteiger charge is 2.34. The fourth-order valence-electron chi connectivity index (χ4n) is 6.28. The molecule has 1 saturated carbocycles. The molecule has 1 aliphatic heterocycles. The van der Waals surface area contributed by atoms with Crippen LogP contribution in [0.1, 0.15) is 66.7 Å². The molecule has 2 aromatic heterocycles. The van der Waals surface area contributed by atoms with E-state index in [0.717, 1.165) is 53.4 Å². The van der Waals surface area contributed by atoms with E-state index in [2.05, 4.69) is 43.3 Å². The molecule has 0 unspecified atom stereocenters. The highest BCUT2D eigenvalue weighted by atomic mass is 16.6. The molecule has 1 N–H and O–H groups in total. The van der Waals surface area contributed by atoms with Gasteiger partial charge in [-0.3, -0.25) is 19.8 Å². The van der Waals surface area contributed by atoms with Crippen LogP contribution < -0.4 is 10.5 Å². The van der Waals surface area contributed by atoms with E-state index in [1.165, 1.54) is 6.42 Å². The molecule has 4 aromatic rings. The Morgan fingerprint density at radius 1 is 0.975 bits per heavy atom. The van der Waals surface area contributed by atoms with E-state index < -0.39 is 6.04 Å². The van der Waals surface area contributed by atoms with Crippen LogP contribution in [0.4, 0.5) is 11.4 Å². The van der Waals surface area contributed by atoms with Gasteiger partial charge in [0.05, 0.1) is 16.5 Å². The highest BCUT2D eigenvalue weighted by Crippen LogP contribution is 2.34. The molecule has 2 aliphatic rings. The number of hydrogen-bond donors (Lipinski definition) is 1. The second-order valence-corrected chi connectivity index (χ2v) is 11.0. The van der Waals surface area contributed by atoms with E-state index in [0.29, 0.717) is 37.6 Å². The Hall–Kier alpha value is -4.12. The monoisotopic (exact) mass is 542 g/mol. The molecule has 40 heavy (non-hydrogen) atoms. The smallest absolute Gasteiger partial charge is 0.269 e. The lowest BCUT2D eigenvalue weighted by Gasteiger charge is -2.40. The van der Waals surface area contributed by atoms with Crippen molar-refractivity contribution in [2.75, 3.05) is 31.1 Å². The van der Waals surface area contributed by atoms with Gasteiger partial charge in [0.2, 0.25) is 0 Å². The van der Waals surface area contributed by atoms with Crippen LogP contribution in [0.3, 0.4) is 0 Å². The number of fused-ring (bicyclic) bond motifs is 1. The Labute approximate surface area is 231 Å². The van der Waals surface area contributed by atoms with Gasteiger partial charge in [-0.25, -0.2) is 4.68 Å². The number of nitrogens with zero attached hydrogens (tertiary/aromatic N) is 7. The Morgan fingerprint density at radius 3 is 2.38 bits per heavy atom. The number of aryl methyl sites for hydroxylation is 2. The molecule has 3 heterocycles. The van der Waals surface area contributed by atoms with E-state index >= 15 is 0 Å². The topological polar surface area (TPSA) is 126 Å². The van der Waals surface area contributed by atoms with Gasteiger partial charge >= 0.3 is 0 Å². The maximum absolute atomic E-state index is 13.7. The van der Waals surface area contributed by atoms with Gasteiger partial charge in [0, 0.05) is 54.9 Å². The molecule has 11 heteroatoms. The molecule has 0 amide bonds. The van der Waals surface area contributed by atoms with Crippen LogP contribution in [0.5, 0.6) is 0 Å². The summed E-state index contributed by atoms with van der Waals surface area (Å²) in [6.07, 6.45) is 5.59. The number of benzene rings is 2. The summed E-state index contributed by atoms with van der Waals surface area (Å²) in [6, 6.07) is 12.7. The number of hydrogen-bond acceptors (Lipinski definition) is 8. The van der Waals surface area contributed by atoms with Crippen molar-refractivity contribution in [3.05, 3.63) is 85.4 Å². The summed E-state index contributed by atoms with van der Waals surface area (Å²) in [6.45, 7) is 6.86. The maximum atomic E-state index is 13.7. The Kier molecular flexibility index (Phi) is 7.05. The number of aromatic nitrogens is 5. The number of piperazine rings is 1.